The molecule has 1 aliphatic rings. The summed E-state index contributed by atoms with van der Waals surface area (Å²) in [5.74, 6) is -0.859. The van der Waals surface area contributed by atoms with Crippen molar-refractivity contribution in [1.82, 2.24) is 14.8 Å². The van der Waals surface area contributed by atoms with Crippen LogP contribution in [0.1, 0.15) is 35.7 Å². The normalized spacial score (nSPS) is 15.9. The zero-order valence-electron chi connectivity index (χ0n) is 14.4. The highest BCUT2D eigenvalue weighted by Crippen LogP contribution is 2.24. The van der Waals surface area contributed by atoms with E-state index in [-0.39, 0.29) is 0 Å². The van der Waals surface area contributed by atoms with Gasteiger partial charge in [-0.1, -0.05) is 19.4 Å². The Morgan fingerprint density at radius 3 is 2.75 bits per heavy atom. The van der Waals surface area contributed by atoms with Crippen LogP contribution in [0.2, 0.25) is 0 Å². The third kappa shape index (κ3) is 3.79. The summed E-state index contributed by atoms with van der Waals surface area (Å²) < 4.78 is 2.23. The Morgan fingerprint density at radius 1 is 1.25 bits per heavy atom. The van der Waals surface area contributed by atoms with Gasteiger partial charge in [0.2, 0.25) is 0 Å². The van der Waals surface area contributed by atoms with Gasteiger partial charge in [-0.05, 0) is 30.5 Å². The van der Waals surface area contributed by atoms with Crippen LogP contribution >= 0.6 is 0 Å². The van der Waals surface area contributed by atoms with Gasteiger partial charge in [0, 0.05) is 56.4 Å². The lowest BCUT2D eigenvalue weighted by atomic mass is 10.1. The number of carboxylic acid groups (broad SMARTS) is 1. The minimum absolute atomic E-state index is 0.368. The summed E-state index contributed by atoms with van der Waals surface area (Å²) in [6.45, 7) is 8.55. The van der Waals surface area contributed by atoms with Crippen molar-refractivity contribution in [2.24, 2.45) is 0 Å². The molecule has 0 amide bonds. The number of carboxylic acids is 1. The average molecular weight is 329 g/mol. The molecule has 0 aliphatic carbocycles. The second kappa shape index (κ2) is 7.81. The van der Waals surface area contributed by atoms with Gasteiger partial charge in [0.1, 0.15) is 0 Å². The molecule has 0 radical (unpaired) electrons. The van der Waals surface area contributed by atoms with Crippen molar-refractivity contribution in [3.05, 3.63) is 35.5 Å². The second-order valence-electron chi connectivity index (χ2n) is 6.58. The second-order valence-corrected chi connectivity index (χ2v) is 6.58. The van der Waals surface area contributed by atoms with Gasteiger partial charge in [-0.25, -0.2) is 4.79 Å². The van der Waals surface area contributed by atoms with Crippen molar-refractivity contribution in [3.8, 4) is 0 Å². The third-order valence-electron chi connectivity index (χ3n) is 4.87. The van der Waals surface area contributed by atoms with Crippen LogP contribution in [0, 0.1) is 0 Å². The Balaban J connectivity index is 1.84. The number of carbonyl (C=O) groups is 1. The summed E-state index contributed by atoms with van der Waals surface area (Å²) in [7, 11) is 0. The van der Waals surface area contributed by atoms with E-state index in [1.165, 1.54) is 10.9 Å². The van der Waals surface area contributed by atoms with Crippen LogP contribution in [-0.2, 0) is 13.0 Å². The lowest BCUT2D eigenvalue weighted by Crippen LogP contribution is -2.44. The maximum Gasteiger partial charge on any atom is 0.335 e. The molecule has 0 unspecified atom stereocenters. The van der Waals surface area contributed by atoms with E-state index in [0.717, 1.165) is 64.0 Å². The maximum absolute atomic E-state index is 11.3. The van der Waals surface area contributed by atoms with Crippen LogP contribution < -0.4 is 5.32 Å². The molecule has 1 saturated heterocycles. The van der Waals surface area contributed by atoms with Crippen molar-refractivity contribution in [2.75, 3.05) is 32.7 Å². The molecule has 2 aromatic rings. The average Bonchev–Trinajstić information content (AvgIpc) is 2.96. The summed E-state index contributed by atoms with van der Waals surface area (Å²) >= 11 is 0. The van der Waals surface area contributed by atoms with Crippen LogP contribution in [-0.4, -0.2) is 53.3 Å². The van der Waals surface area contributed by atoms with E-state index in [1.54, 1.807) is 6.07 Å². The minimum Gasteiger partial charge on any atom is -0.478 e. The van der Waals surface area contributed by atoms with E-state index in [9.17, 15) is 9.90 Å². The molecule has 1 aromatic carbocycles. The highest BCUT2D eigenvalue weighted by molar-refractivity contribution is 5.94. The molecule has 5 nitrogen and oxygen atoms in total. The van der Waals surface area contributed by atoms with Crippen molar-refractivity contribution in [1.29, 1.82) is 0 Å². The highest BCUT2D eigenvalue weighted by atomic mass is 16.4. The SMILES string of the molecule is CCCCn1cc(CCN2CCNCC2)c2ccc(C(=O)O)cc21. The molecule has 1 fully saturated rings. The van der Waals surface area contributed by atoms with Crippen molar-refractivity contribution >= 4 is 16.9 Å². The fourth-order valence-electron chi connectivity index (χ4n) is 3.43. The Bertz CT molecular complexity index is 702. The zero-order chi connectivity index (χ0) is 16.9. The number of unbranched alkanes of at least 4 members (excludes halogenated alkanes) is 1. The smallest absolute Gasteiger partial charge is 0.335 e. The molecular weight excluding hydrogens is 302 g/mol. The van der Waals surface area contributed by atoms with Gasteiger partial charge in [0.25, 0.3) is 0 Å². The summed E-state index contributed by atoms with van der Waals surface area (Å²) in [6.07, 6.45) is 5.49. The van der Waals surface area contributed by atoms with Crippen LogP contribution in [0.3, 0.4) is 0 Å². The van der Waals surface area contributed by atoms with Crippen LogP contribution in [0.25, 0.3) is 10.9 Å². The molecule has 24 heavy (non-hydrogen) atoms. The van der Waals surface area contributed by atoms with E-state index >= 15 is 0 Å². The largest absolute Gasteiger partial charge is 0.478 e. The van der Waals surface area contributed by atoms with Gasteiger partial charge in [-0.15, -0.1) is 0 Å². The first-order chi connectivity index (χ1) is 11.7. The number of rotatable bonds is 7. The predicted octanol–water partition coefficient (Wildman–Crippen LogP) is 2.59. The summed E-state index contributed by atoms with van der Waals surface area (Å²) in [5.41, 5.74) is 2.75. The van der Waals surface area contributed by atoms with Crippen LogP contribution in [0.5, 0.6) is 0 Å². The molecule has 130 valence electrons. The summed E-state index contributed by atoms with van der Waals surface area (Å²) in [5, 5.41) is 13.9. The van der Waals surface area contributed by atoms with Crippen LogP contribution in [0.4, 0.5) is 0 Å². The first kappa shape index (κ1) is 17.0. The standard InChI is InChI=1S/C19H27N3O2/c1-2-3-9-22-14-16(6-10-21-11-7-20-8-12-21)17-5-4-15(19(23)24)13-18(17)22/h4-5,13-14,20H,2-3,6-12H2,1H3,(H,23,24). The number of aromatic carboxylic acids is 1. The molecular formula is C19H27N3O2. The lowest BCUT2D eigenvalue weighted by Gasteiger charge is -2.26. The third-order valence-corrected chi connectivity index (χ3v) is 4.87. The summed E-state index contributed by atoms with van der Waals surface area (Å²) in [4.78, 5) is 13.8. The quantitative estimate of drug-likeness (QED) is 0.820. The molecule has 0 atom stereocenters. The van der Waals surface area contributed by atoms with Crippen molar-refractivity contribution < 1.29 is 9.90 Å². The van der Waals surface area contributed by atoms with Crippen molar-refractivity contribution in [2.45, 2.75) is 32.7 Å². The lowest BCUT2D eigenvalue weighted by molar-refractivity contribution is 0.0697. The van der Waals surface area contributed by atoms with Gasteiger partial charge < -0.3 is 19.9 Å². The first-order valence-electron chi connectivity index (χ1n) is 8.97. The molecule has 2 N–H and O–H groups in total. The Morgan fingerprint density at radius 2 is 2.04 bits per heavy atom. The fraction of sp³-hybridized carbons (Fsp3) is 0.526. The van der Waals surface area contributed by atoms with Gasteiger partial charge in [-0.3, -0.25) is 0 Å². The Kier molecular flexibility index (Phi) is 5.53. The number of benzene rings is 1. The molecule has 1 aromatic heterocycles. The highest BCUT2D eigenvalue weighted by Gasteiger charge is 2.14. The molecule has 2 heterocycles. The van der Waals surface area contributed by atoms with Crippen molar-refractivity contribution in [3.63, 3.8) is 0 Å². The van der Waals surface area contributed by atoms with E-state index in [2.05, 4.69) is 27.9 Å². The van der Waals surface area contributed by atoms with Gasteiger partial charge in [-0.2, -0.15) is 0 Å². The molecule has 5 heteroatoms. The monoisotopic (exact) mass is 329 g/mol. The number of nitrogens with zero attached hydrogens (tertiary/aromatic N) is 2. The zero-order valence-corrected chi connectivity index (χ0v) is 14.4. The first-order valence-corrected chi connectivity index (χ1v) is 8.97. The number of aryl methyl sites for hydroxylation is 1. The topological polar surface area (TPSA) is 57.5 Å². The fourth-order valence-corrected chi connectivity index (χ4v) is 3.43. The maximum atomic E-state index is 11.3. The number of hydrogen-bond acceptors (Lipinski definition) is 3. The van der Waals surface area contributed by atoms with E-state index in [4.69, 9.17) is 0 Å². The Hall–Kier alpha value is -1.85. The molecule has 0 spiro atoms. The molecule has 1 aliphatic heterocycles. The van der Waals surface area contributed by atoms with E-state index in [1.807, 2.05) is 12.1 Å². The molecule has 0 bridgehead atoms. The minimum atomic E-state index is -0.859. The van der Waals surface area contributed by atoms with E-state index < -0.39 is 5.97 Å². The number of piperazine rings is 1. The molecule has 0 saturated carbocycles. The number of hydrogen-bond donors (Lipinski definition) is 2. The van der Waals surface area contributed by atoms with Crippen LogP contribution in [0.15, 0.2) is 24.4 Å². The summed E-state index contributed by atoms with van der Waals surface area (Å²) in [6, 6.07) is 5.53. The van der Waals surface area contributed by atoms with Gasteiger partial charge in [0.05, 0.1) is 5.56 Å². The molecule has 3 rings (SSSR count). The number of aromatic nitrogens is 1. The van der Waals surface area contributed by atoms with E-state index in [0.29, 0.717) is 5.56 Å². The van der Waals surface area contributed by atoms with Gasteiger partial charge >= 0.3 is 5.97 Å². The number of nitrogens with one attached hydrogen (secondary N) is 1. The number of fused-ring (bicyclic) bond motifs is 1. The predicted molar refractivity (Wildman–Crippen MR) is 96.8 cm³/mol. The van der Waals surface area contributed by atoms with Gasteiger partial charge in [0.15, 0.2) is 0 Å². The Labute approximate surface area is 143 Å².